The van der Waals surface area contributed by atoms with Gasteiger partial charge in [0.25, 0.3) is 0 Å². The molecule has 0 N–H and O–H groups in total. The molecule has 0 aliphatic carbocycles. The Morgan fingerprint density at radius 2 is 0.889 bits per heavy atom. The van der Waals surface area contributed by atoms with Gasteiger partial charge in [-0.1, -0.05) is 133 Å². The Morgan fingerprint density at radius 3 is 1.49 bits per heavy atom. The summed E-state index contributed by atoms with van der Waals surface area (Å²) >= 11 is 0. The van der Waals surface area contributed by atoms with E-state index < -0.39 is 0 Å². The van der Waals surface area contributed by atoms with Crippen molar-refractivity contribution < 1.29 is 0 Å². The molecular weight excluding hydrogens is 763 g/mol. The minimum absolute atomic E-state index is 0.656. The van der Waals surface area contributed by atoms with Gasteiger partial charge in [-0.15, -0.1) is 0 Å². The van der Waals surface area contributed by atoms with Crippen LogP contribution in [0.2, 0.25) is 0 Å². The first kappa shape index (κ1) is 35.2. The van der Waals surface area contributed by atoms with Crippen molar-refractivity contribution in [2.45, 2.75) is 0 Å². The van der Waals surface area contributed by atoms with E-state index >= 15 is 0 Å². The molecule has 63 heavy (non-hydrogen) atoms. The Morgan fingerprint density at radius 1 is 0.365 bits per heavy atom. The molecule has 3 nitrogen and oxygen atoms in total. The van der Waals surface area contributed by atoms with E-state index in [4.69, 9.17) is 0 Å². The molecule has 11 aromatic carbocycles. The molecule has 0 fully saturated rings. The minimum Gasteiger partial charge on any atom is -0.309 e. The lowest BCUT2D eigenvalue weighted by Gasteiger charge is -2.20. The monoisotopic (exact) mass is 797 g/mol. The second-order valence-corrected chi connectivity index (χ2v) is 16.7. The van der Waals surface area contributed by atoms with Crippen LogP contribution in [-0.2, 0) is 0 Å². The topological polar surface area (TPSA) is 41.6 Å². The Balaban J connectivity index is 1.14. The number of fused-ring (bicyclic) bond motifs is 4. The van der Waals surface area contributed by atoms with Gasteiger partial charge in [0.1, 0.15) is 0 Å². The molecule has 0 amide bonds. The highest BCUT2D eigenvalue weighted by atomic mass is 15.0. The van der Waals surface area contributed by atoms with E-state index in [1.54, 1.807) is 0 Å². The normalized spacial score (nSPS) is 11.8. The highest BCUT2D eigenvalue weighted by molar-refractivity contribution is 6.26. The molecule has 0 saturated carbocycles. The summed E-state index contributed by atoms with van der Waals surface area (Å²) < 4.78 is 2.34. The highest BCUT2D eigenvalue weighted by Gasteiger charge is 2.22. The van der Waals surface area contributed by atoms with E-state index in [1.165, 1.54) is 81.5 Å². The van der Waals surface area contributed by atoms with E-state index in [-0.39, 0.29) is 0 Å². The van der Waals surface area contributed by atoms with Crippen LogP contribution >= 0.6 is 0 Å². The molecule has 3 heteroatoms. The molecule has 290 valence electrons. The van der Waals surface area contributed by atoms with Crippen LogP contribution in [0.15, 0.2) is 213 Å². The quantitative estimate of drug-likeness (QED) is 0.129. The van der Waals surface area contributed by atoms with E-state index in [2.05, 4.69) is 198 Å². The van der Waals surface area contributed by atoms with Crippen molar-refractivity contribution in [2.75, 3.05) is 0 Å². The molecule has 0 atom stereocenters. The van der Waals surface area contributed by atoms with Gasteiger partial charge in [-0.3, -0.25) is 4.98 Å². The van der Waals surface area contributed by atoms with Crippen LogP contribution in [0, 0.1) is 11.3 Å². The molecule has 0 saturated heterocycles. The Kier molecular flexibility index (Phi) is 7.67. The third kappa shape index (κ3) is 5.49. The fraction of sp³-hybridized carbons (Fsp3) is 0. The van der Waals surface area contributed by atoms with Gasteiger partial charge in [0, 0.05) is 34.4 Å². The molecule has 2 heterocycles. The van der Waals surface area contributed by atoms with E-state index in [0.29, 0.717) is 5.56 Å². The van der Waals surface area contributed by atoms with Crippen molar-refractivity contribution in [2.24, 2.45) is 0 Å². The molecular formula is C60H35N3. The summed E-state index contributed by atoms with van der Waals surface area (Å²) in [7, 11) is 0. The first-order valence-electron chi connectivity index (χ1n) is 21.4. The van der Waals surface area contributed by atoms with Crippen LogP contribution in [0.3, 0.4) is 0 Å². The van der Waals surface area contributed by atoms with Crippen LogP contribution in [0.1, 0.15) is 5.56 Å². The summed E-state index contributed by atoms with van der Waals surface area (Å²) in [5.74, 6) is 0. The standard InChI is InChI=1S/C60H35N3/c61-35-37-27-44-20-21-47-31-49(34-56-60(47)59(44)55(28-37)63(56)50-14-2-1-3-15-50)43-23-25-52-54(33-43)58(46-19-17-39-10-5-7-12-41(39)30-46)51-24-22-42(48-13-8-26-62-36-48)32-53(51)57(52)45-18-16-38-9-4-6-11-40(38)29-45/h1-34,36H. The van der Waals surface area contributed by atoms with Crippen molar-refractivity contribution in [1.29, 1.82) is 5.26 Å². The first-order valence-corrected chi connectivity index (χ1v) is 21.4. The van der Waals surface area contributed by atoms with Crippen molar-refractivity contribution in [3.63, 3.8) is 0 Å². The predicted molar refractivity (Wildman–Crippen MR) is 264 cm³/mol. The average molecular weight is 798 g/mol. The zero-order valence-electron chi connectivity index (χ0n) is 34.0. The fourth-order valence-electron chi connectivity index (χ4n) is 10.3. The summed E-state index contributed by atoms with van der Waals surface area (Å²) in [5, 5.41) is 24.4. The maximum absolute atomic E-state index is 10.1. The van der Waals surface area contributed by atoms with Crippen LogP contribution in [0.5, 0.6) is 0 Å². The van der Waals surface area contributed by atoms with Crippen LogP contribution in [0.25, 0.3) is 126 Å². The predicted octanol–water partition coefficient (Wildman–Crippen LogP) is 15.9. The van der Waals surface area contributed by atoms with Gasteiger partial charge in [-0.25, -0.2) is 0 Å². The molecule has 0 aliphatic rings. The van der Waals surface area contributed by atoms with Gasteiger partial charge in [0.2, 0.25) is 0 Å². The molecule has 13 aromatic rings. The van der Waals surface area contributed by atoms with E-state index in [9.17, 15) is 5.26 Å². The fourth-order valence-corrected chi connectivity index (χ4v) is 10.3. The lowest BCUT2D eigenvalue weighted by Crippen LogP contribution is -1.94. The smallest absolute Gasteiger partial charge is 0.0992 e. The Hall–Kier alpha value is -8.58. The first-order chi connectivity index (χ1) is 31.2. The van der Waals surface area contributed by atoms with Gasteiger partial charge in [0.15, 0.2) is 0 Å². The Bertz CT molecular complexity index is 4020. The number of nitriles is 1. The third-order valence-corrected chi connectivity index (χ3v) is 13.1. The van der Waals surface area contributed by atoms with Crippen molar-refractivity contribution in [1.82, 2.24) is 9.55 Å². The van der Waals surface area contributed by atoms with Crippen molar-refractivity contribution >= 4 is 75.7 Å². The zero-order valence-corrected chi connectivity index (χ0v) is 34.0. The largest absolute Gasteiger partial charge is 0.309 e. The molecule has 0 unspecified atom stereocenters. The van der Waals surface area contributed by atoms with Crippen molar-refractivity contribution in [3.8, 4) is 56.3 Å². The van der Waals surface area contributed by atoms with Gasteiger partial charge >= 0.3 is 0 Å². The zero-order chi connectivity index (χ0) is 41.6. The summed E-state index contributed by atoms with van der Waals surface area (Å²) in [5.41, 5.74) is 13.2. The molecule has 0 radical (unpaired) electrons. The third-order valence-electron chi connectivity index (χ3n) is 13.1. The van der Waals surface area contributed by atoms with Gasteiger partial charge in [-0.05, 0) is 160 Å². The number of aromatic nitrogens is 2. The summed E-state index contributed by atoms with van der Waals surface area (Å²) in [4.78, 5) is 4.50. The number of hydrogen-bond acceptors (Lipinski definition) is 2. The average Bonchev–Trinajstić information content (AvgIpc) is 3.69. The summed E-state index contributed by atoms with van der Waals surface area (Å²) in [6.07, 6.45) is 3.79. The second-order valence-electron chi connectivity index (χ2n) is 16.7. The van der Waals surface area contributed by atoms with E-state index in [1.807, 2.05) is 30.6 Å². The SMILES string of the molecule is N#Cc1cc2ccc3cc(-c4ccc5c(-c6ccc7ccccc7c6)c6cc(-c7cccnc7)ccc6c(-c6ccc7ccccc7c6)c5c4)cc4c3c2c(c1)n4-c1ccccc1. The number of para-hydroxylation sites is 1. The number of nitrogens with zero attached hydrogens (tertiary/aromatic N) is 3. The van der Waals surface area contributed by atoms with Crippen LogP contribution < -0.4 is 0 Å². The van der Waals surface area contributed by atoms with Crippen LogP contribution in [0.4, 0.5) is 0 Å². The molecule has 0 bridgehead atoms. The highest BCUT2D eigenvalue weighted by Crippen LogP contribution is 2.48. The number of benzene rings is 11. The molecule has 0 aliphatic heterocycles. The summed E-state index contributed by atoms with van der Waals surface area (Å²) in [6.45, 7) is 0. The molecule has 0 spiro atoms. The second kappa shape index (κ2) is 13.7. The lowest BCUT2D eigenvalue weighted by atomic mass is 9.83. The number of rotatable bonds is 5. The Labute approximate surface area is 363 Å². The summed E-state index contributed by atoms with van der Waals surface area (Å²) in [6, 6.07) is 75.3. The van der Waals surface area contributed by atoms with Crippen LogP contribution in [-0.4, -0.2) is 9.55 Å². The van der Waals surface area contributed by atoms with Gasteiger partial charge < -0.3 is 4.57 Å². The number of pyridine rings is 1. The van der Waals surface area contributed by atoms with Crippen molar-refractivity contribution in [3.05, 3.63) is 218 Å². The minimum atomic E-state index is 0.656. The lowest BCUT2D eigenvalue weighted by molar-refractivity contribution is 1.18. The van der Waals surface area contributed by atoms with Gasteiger partial charge in [-0.2, -0.15) is 5.26 Å². The van der Waals surface area contributed by atoms with Gasteiger partial charge in [0.05, 0.1) is 22.7 Å². The molecule has 2 aromatic heterocycles. The number of hydrogen-bond donors (Lipinski definition) is 0. The van der Waals surface area contributed by atoms with E-state index in [0.717, 1.165) is 44.4 Å². The maximum atomic E-state index is 10.1. The molecule has 13 rings (SSSR count). The maximum Gasteiger partial charge on any atom is 0.0992 e.